The van der Waals surface area contributed by atoms with Gasteiger partial charge in [-0.15, -0.1) is 0 Å². The van der Waals surface area contributed by atoms with Crippen molar-refractivity contribution in [1.82, 2.24) is 10.2 Å². The summed E-state index contributed by atoms with van der Waals surface area (Å²) in [7, 11) is 0. The molecule has 4 unspecified atom stereocenters. The fourth-order valence-corrected chi connectivity index (χ4v) is 2.98. The zero-order valence-electron chi connectivity index (χ0n) is 13.2. The maximum absolute atomic E-state index is 12.3. The number of carbonyl (C=O) groups excluding carboxylic acids is 1. The number of hydrogen-bond donors (Lipinski definition) is 2. The number of hydrogen-bond acceptors (Lipinski definition) is 3. The lowest BCUT2D eigenvalue weighted by molar-refractivity contribution is -0.144. The lowest BCUT2D eigenvalue weighted by atomic mass is 9.91. The standard InChI is InChI=1S/C15H28N2O3/c1-9(2)13(15(19)20)16-14(18)12(5)17-7-10(3)6-11(4)8-17/h9-13H,6-8H2,1-5H3,(H,16,18)(H,19,20). The van der Waals surface area contributed by atoms with Crippen LogP contribution in [0.5, 0.6) is 0 Å². The zero-order valence-corrected chi connectivity index (χ0v) is 13.2. The molecule has 1 aliphatic heterocycles. The zero-order chi connectivity index (χ0) is 15.4. The van der Waals surface area contributed by atoms with E-state index in [0.29, 0.717) is 11.8 Å². The maximum Gasteiger partial charge on any atom is 0.326 e. The van der Waals surface area contributed by atoms with Crippen LogP contribution in [0, 0.1) is 17.8 Å². The third-order valence-electron chi connectivity index (χ3n) is 4.05. The van der Waals surface area contributed by atoms with Crippen molar-refractivity contribution in [3.63, 3.8) is 0 Å². The highest BCUT2D eigenvalue weighted by molar-refractivity contribution is 5.86. The number of carboxylic acids is 1. The summed E-state index contributed by atoms with van der Waals surface area (Å²) >= 11 is 0. The summed E-state index contributed by atoms with van der Waals surface area (Å²) in [6.07, 6.45) is 1.19. The second-order valence-electron chi connectivity index (χ2n) is 6.64. The molecule has 2 N–H and O–H groups in total. The fraction of sp³-hybridized carbons (Fsp3) is 0.867. The highest BCUT2D eigenvalue weighted by Gasteiger charge is 2.31. The molecule has 0 aliphatic carbocycles. The summed E-state index contributed by atoms with van der Waals surface area (Å²) in [5, 5.41) is 11.8. The van der Waals surface area contributed by atoms with Gasteiger partial charge in [-0.05, 0) is 31.1 Å². The Morgan fingerprint density at radius 1 is 1.15 bits per heavy atom. The van der Waals surface area contributed by atoms with Crippen molar-refractivity contribution in [1.29, 1.82) is 0 Å². The van der Waals surface area contributed by atoms with Gasteiger partial charge in [0.2, 0.25) is 5.91 Å². The normalized spacial score (nSPS) is 27.1. The van der Waals surface area contributed by atoms with Crippen molar-refractivity contribution in [3.8, 4) is 0 Å². The second-order valence-corrected chi connectivity index (χ2v) is 6.64. The summed E-state index contributed by atoms with van der Waals surface area (Å²) in [6.45, 7) is 11.7. The first-order valence-corrected chi connectivity index (χ1v) is 7.49. The average molecular weight is 284 g/mol. The number of likely N-dealkylation sites (tertiary alicyclic amines) is 1. The van der Waals surface area contributed by atoms with Gasteiger partial charge in [-0.2, -0.15) is 0 Å². The summed E-state index contributed by atoms with van der Waals surface area (Å²) in [6, 6.07) is -1.09. The molecule has 5 heteroatoms. The van der Waals surface area contributed by atoms with Gasteiger partial charge in [-0.25, -0.2) is 4.79 Å². The van der Waals surface area contributed by atoms with Crippen LogP contribution in [0.2, 0.25) is 0 Å². The Morgan fingerprint density at radius 2 is 1.65 bits per heavy atom. The van der Waals surface area contributed by atoms with E-state index in [1.165, 1.54) is 6.42 Å². The number of nitrogens with zero attached hydrogens (tertiary/aromatic N) is 1. The van der Waals surface area contributed by atoms with Crippen molar-refractivity contribution in [2.24, 2.45) is 17.8 Å². The first-order valence-electron chi connectivity index (χ1n) is 7.49. The van der Waals surface area contributed by atoms with E-state index < -0.39 is 12.0 Å². The quantitative estimate of drug-likeness (QED) is 0.804. The van der Waals surface area contributed by atoms with E-state index >= 15 is 0 Å². The van der Waals surface area contributed by atoms with E-state index in [0.717, 1.165) is 13.1 Å². The molecule has 1 rings (SSSR count). The molecule has 1 heterocycles. The molecule has 1 amide bonds. The van der Waals surface area contributed by atoms with Crippen LogP contribution >= 0.6 is 0 Å². The molecule has 1 aliphatic rings. The minimum absolute atomic E-state index is 0.122. The maximum atomic E-state index is 12.3. The summed E-state index contributed by atoms with van der Waals surface area (Å²) in [4.78, 5) is 25.6. The van der Waals surface area contributed by atoms with Crippen LogP contribution in [0.3, 0.4) is 0 Å². The van der Waals surface area contributed by atoms with Gasteiger partial charge in [-0.1, -0.05) is 27.7 Å². The van der Waals surface area contributed by atoms with Gasteiger partial charge >= 0.3 is 5.97 Å². The topological polar surface area (TPSA) is 69.6 Å². The molecule has 116 valence electrons. The van der Waals surface area contributed by atoms with E-state index in [9.17, 15) is 9.59 Å². The van der Waals surface area contributed by atoms with Crippen LogP contribution in [-0.4, -0.2) is 47.1 Å². The van der Waals surface area contributed by atoms with Crippen LogP contribution in [0.25, 0.3) is 0 Å². The number of carbonyl (C=O) groups is 2. The summed E-state index contributed by atoms with van der Waals surface area (Å²) in [5.41, 5.74) is 0. The monoisotopic (exact) mass is 284 g/mol. The van der Waals surface area contributed by atoms with Crippen molar-refractivity contribution in [2.75, 3.05) is 13.1 Å². The smallest absolute Gasteiger partial charge is 0.326 e. The Labute approximate surface area is 121 Å². The lowest BCUT2D eigenvalue weighted by Crippen LogP contribution is -2.54. The van der Waals surface area contributed by atoms with Gasteiger partial charge in [0.25, 0.3) is 0 Å². The molecule has 1 saturated heterocycles. The summed E-state index contributed by atoms with van der Waals surface area (Å²) < 4.78 is 0. The third kappa shape index (κ3) is 4.47. The summed E-state index contributed by atoms with van der Waals surface area (Å²) in [5.74, 6) is -0.125. The molecular formula is C15H28N2O3. The van der Waals surface area contributed by atoms with E-state index in [-0.39, 0.29) is 17.9 Å². The highest BCUT2D eigenvalue weighted by atomic mass is 16.4. The minimum atomic E-state index is -0.971. The largest absolute Gasteiger partial charge is 0.480 e. The predicted molar refractivity (Wildman–Crippen MR) is 78.4 cm³/mol. The van der Waals surface area contributed by atoms with Crippen LogP contribution in [-0.2, 0) is 9.59 Å². The van der Waals surface area contributed by atoms with Crippen molar-refractivity contribution < 1.29 is 14.7 Å². The molecule has 0 aromatic rings. The van der Waals surface area contributed by atoms with Crippen LogP contribution in [0.4, 0.5) is 0 Å². The van der Waals surface area contributed by atoms with Gasteiger partial charge < -0.3 is 10.4 Å². The number of piperidine rings is 1. The Kier molecular flexibility index (Phi) is 5.99. The molecule has 20 heavy (non-hydrogen) atoms. The molecule has 0 bridgehead atoms. The van der Waals surface area contributed by atoms with Crippen molar-refractivity contribution in [3.05, 3.63) is 0 Å². The number of rotatable bonds is 5. The molecule has 0 radical (unpaired) electrons. The second kappa shape index (κ2) is 7.07. The minimum Gasteiger partial charge on any atom is -0.480 e. The van der Waals surface area contributed by atoms with Gasteiger partial charge in [0.1, 0.15) is 6.04 Å². The van der Waals surface area contributed by atoms with Crippen LogP contribution in [0.1, 0.15) is 41.0 Å². The molecule has 0 aromatic heterocycles. The fourth-order valence-electron chi connectivity index (χ4n) is 2.98. The van der Waals surface area contributed by atoms with E-state index in [2.05, 4.69) is 24.1 Å². The Bertz CT molecular complexity index is 347. The molecule has 5 nitrogen and oxygen atoms in total. The van der Waals surface area contributed by atoms with Crippen LogP contribution in [0.15, 0.2) is 0 Å². The lowest BCUT2D eigenvalue weighted by Gasteiger charge is -2.38. The van der Waals surface area contributed by atoms with Gasteiger partial charge in [0.05, 0.1) is 6.04 Å². The Morgan fingerprint density at radius 3 is 2.05 bits per heavy atom. The van der Waals surface area contributed by atoms with E-state index in [4.69, 9.17) is 5.11 Å². The Balaban J connectivity index is 2.64. The highest BCUT2D eigenvalue weighted by Crippen LogP contribution is 2.22. The number of amides is 1. The van der Waals surface area contributed by atoms with Crippen LogP contribution < -0.4 is 5.32 Å². The average Bonchev–Trinajstić information content (AvgIpc) is 2.32. The molecule has 1 fully saturated rings. The van der Waals surface area contributed by atoms with Crippen molar-refractivity contribution in [2.45, 2.75) is 53.1 Å². The van der Waals surface area contributed by atoms with Gasteiger partial charge in [0, 0.05) is 13.1 Å². The van der Waals surface area contributed by atoms with E-state index in [1.54, 1.807) is 13.8 Å². The first-order chi connectivity index (χ1) is 9.22. The SMILES string of the molecule is CC1CC(C)CN(C(C)C(=O)NC(C(=O)O)C(C)C)C1. The molecule has 4 atom stereocenters. The number of aliphatic carboxylic acids is 1. The molecule has 0 spiro atoms. The molecule has 0 saturated carbocycles. The first kappa shape index (κ1) is 17.0. The predicted octanol–water partition coefficient (Wildman–Crippen LogP) is 1.58. The molecule has 0 aromatic carbocycles. The number of carboxylic acid groups (broad SMARTS) is 1. The number of nitrogens with one attached hydrogen (secondary N) is 1. The third-order valence-corrected chi connectivity index (χ3v) is 4.05. The Hall–Kier alpha value is -1.10. The van der Waals surface area contributed by atoms with Crippen molar-refractivity contribution >= 4 is 11.9 Å². The molecular weight excluding hydrogens is 256 g/mol. The van der Waals surface area contributed by atoms with Gasteiger partial charge in [-0.3, -0.25) is 9.69 Å². The van der Waals surface area contributed by atoms with E-state index in [1.807, 2.05) is 6.92 Å². The van der Waals surface area contributed by atoms with Gasteiger partial charge in [0.15, 0.2) is 0 Å².